The molecular weight excluding hydrogens is 346 g/mol. The average molecular weight is 363 g/mol. The molecule has 0 fully saturated rings. The number of carbonyl (C=O) groups is 2. The van der Waals surface area contributed by atoms with Crippen LogP contribution in [0.5, 0.6) is 0 Å². The lowest BCUT2D eigenvalue weighted by atomic mass is 10.1. The van der Waals surface area contributed by atoms with Gasteiger partial charge in [-0.15, -0.1) is 0 Å². The first-order chi connectivity index (χ1) is 13.0. The van der Waals surface area contributed by atoms with Crippen LogP contribution in [0.15, 0.2) is 52.9 Å². The van der Waals surface area contributed by atoms with Crippen LogP contribution in [0.4, 0.5) is 5.69 Å². The summed E-state index contributed by atoms with van der Waals surface area (Å²) in [6.45, 7) is 2.06. The van der Waals surface area contributed by atoms with Crippen molar-refractivity contribution in [2.45, 2.75) is 19.6 Å². The lowest BCUT2D eigenvalue weighted by Gasteiger charge is -2.06. The molecule has 0 bridgehead atoms. The van der Waals surface area contributed by atoms with E-state index in [9.17, 15) is 14.7 Å². The van der Waals surface area contributed by atoms with Crippen molar-refractivity contribution in [2.24, 2.45) is 0 Å². The Kier molecular flexibility index (Phi) is 4.21. The van der Waals surface area contributed by atoms with Gasteiger partial charge in [0.25, 0.3) is 11.8 Å². The van der Waals surface area contributed by atoms with Crippen molar-refractivity contribution in [3.63, 3.8) is 0 Å². The number of benzene rings is 2. The Balaban J connectivity index is 1.54. The monoisotopic (exact) mass is 363 g/mol. The highest BCUT2D eigenvalue weighted by atomic mass is 16.4. The third kappa shape index (κ3) is 3.20. The van der Waals surface area contributed by atoms with E-state index in [1.165, 1.54) is 0 Å². The van der Waals surface area contributed by atoms with E-state index in [1.54, 1.807) is 49.4 Å². The topological polar surface area (TPSA) is 104 Å². The van der Waals surface area contributed by atoms with Crippen LogP contribution in [-0.4, -0.2) is 21.9 Å². The zero-order chi connectivity index (χ0) is 19.0. The highest BCUT2D eigenvalue weighted by Crippen LogP contribution is 2.24. The molecular formula is C20H17N3O4. The molecule has 2 aromatic carbocycles. The number of hydrogen-bond donors (Lipinski definition) is 3. The largest absolute Gasteiger partial charge is 0.442 e. The third-order valence-corrected chi connectivity index (χ3v) is 4.42. The van der Waals surface area contributed by atoms with Gasteiger partial charge in [0.2, 0.25) is 5.89 Å². The molecule has 7 nitrogen and oxygen atoms in total. The fourth-order valence-electron chi connectivity index (χ4n) is 3.02. The van der Waals surface area contributed by atoms with Crippen molar-refractivity contribution in [3.05, 3.63) is 82.6 Å². The van der Waals surface area contributed by atoms with Crippen molar-refractivity contribution >= 4 is 17.5 Å². The number of hydrogen-bond acceptors (Lipinski definition) is 5. The van der Waals surface area contributed by atoms with Crippen LogP contribution in [-0.2, 0) is 6.54 Å². The maximum absolute atomic E-state index is 12.6. The molecule has 1 aromatic heterocycles. The molecule has 7 heteroatoms. The lowest BCUT2D eigenvalue weighted by molar-refractivity contribution is 0.0964. The van der Waals surface area contributed by atoms with Crippen molar-refractivity contribution in [1.82, 2.24) is 10.3 Å². The van der Waals surface area contributed by atoms with Crippen LogP contribution < -0.4 is 10.6 Å². The van der Waals surface area contributed by atoms with Gasteiger partial charge in [0, 0.05) is 17.8 Å². The quantitative estimate of drug-likeness (QED) is 0.661. The van der Waals surface area contributed by atoms with Crippen LogP contribution in [0.25, 0.3) is 0 Å². The van der Waals surface area contributed by atoms with E-state index in [-0.39, 0.29) is 17.5 Å². The Bertz CT molecular complexity index is 1030. The minimum Gasteiger partial charge on any atom is -0.442 e. The summed E-state index contributed by atoms with van der Waals surface area (Å²) in [6, 6.07) is 14.0. The molecule has 1 atom stereocenters. The Morgan fingerprint density at radius 3 is 2.81 bits per heavy atom. The van der Waals surface area contributed by atoms with Crippen LogP contribution >= 0.6 is 0 Å². The number of nitrogens with zero attached hydrogens (tertiary/aromatic N) is 1. The predicted molar refractivity (Wildman–Crippen MR) is 97.3 cm³/mol. The maximum atomic E-state index is 12.6. The predicted octanol–water partition coefficient (Wildman–Crippen LogP) is 2.56. The van der Waals surface area contributed by atoms with E-state index in [0.29, 0.717) is 29.1 Å². The van der Waals surface area contributed by atoms with Gasteiger partial charge in [0.15, 0.2) is 11.8 Å². The van der Waals surface area contributed by atoms with E-state index in [1.807, 2.05) is 6.07 Å². The molecule has 2 amide bonds. The van der Waals surface area contributed by atoms with E-state index in [0.717, 1.165) is 5.56 Å². The number of rotatable bonds is 4. The Labute approximate surface area is 155 Å². The summed E-state index contributed by atoms with van der Waals surface area (Å²) in [7, 11) is 0. The molecule has 0 radical (unpaired) electrons. The summed E-state index contributed by atoms with van der Waals surface area (Å²) in [5, 5.41) is 15.9. The lowest BCUT2D eigenvalue weighted by Crippen LogP contribution is -2.14. The van der Waals surface area contributed by atoms with Gasteiger partial charge < -0.3 is 20.2 Å². The molecule has 1 aliphatic heterocycles. The molecule has 3 aromatic rings. The average Bonchev–Trinajstić information content (AvgIpc) is 3.25. The van der Waals surface area contributed by atoms with Crippen LogP contribution in [0.3, 0.4) is 0 Å². The smallest absolute Gasteiger partial charge is 0.277 e. The number of aromatic nitrogens is 1. The fourth-order valence-corrected chi connectivity index (χ4v) is 3.02. The van der Waals surface area contributed by atoms with Gasteiger partial charge in [0.05, 0.1) is 0 Å². The van der Waals surface area contributed by atoms with Crippen LogP contribution in [0.2, 0.25) is 0 Å². The zero-order valence-electron chi connectivity index (χ0n) is 14.5. The molecule has 136 valence electrons. The minimum absolute atomic E-state index is 0.0626. The van der Waals surface area contributed by atoms with Crippen molar-refractivity contribution in [3.8, 4) is 0 Å². The molecule has 27 heavy (non-hydrogen) atoms. The number of anilines is 1. The number of oxazole rings is 1. The Hall–Kier alpha value is -3.45. The second-order valence-corrected chi connectivity index (χ2v) is 6.28. The first kappa shape index (κ1) is 17.0. The Morgan fingerprint density at radius 1 is 1.26 bits per heavy atom. The van der Waals surface area contributed by atoms with E-state index in [2.05, 4.69) is 15.6 Å². The van der Waals surface area contributed by atoms with Crippen molar-refractivity contribution in [2.75, 3.05) is 5.32 Å². The van der Waals surface area contributed by atoms with Crippen molar-refractivity contribution in [1.29, 1.82) is 0 Å². The molecule has 4 rings (SSSR count). The SMILES string of the molecule is Cc1oc(C(O)c2ccccc2)nc1C(=O)Nc1ccc2c(c1)CNC2=O. The van der Waals surface area contributed by atoms with Crippen molar-refractivity contribution < 1.29 is 19.1 Å². The van der Waals surface area contributed by atoms with Crippen LogP contribution in [0.1, 0.15) is 49.7 Å². The van der Waals surface area contributed by atoms with E-state index < -0.39 is 12.0 Å². The summed E-state index contributed by atoms with van der Waals surface area (Å²) >= 11 is 0. The second-order valence-electron chi connectivity index (χ2n) is 6.28. The number of carbonyl (C=O) groups excluding carboxylic acids is 2. The van der Waals surface area contributed by atoms with Gasteiger partial charge in [-0.25, -0.2) is 4.98 Å². The summed E-state index contributed by atoms with van der Waals surface area (Å²) < 4.78 is 5.50. The fraction of sp³-hybridized carbons (Fsp3) is 0.150. The molecule has 1 aliphatic rings. The first-order valence-electron chi connectivity index (χ1n) is 8.46. The molecule has 3 N–H and O–H groups in total. The number of amides is 2. The summed E-state index contributed by atoms with van der Waals surface area (Å²) in [6.07, 6.45) is -1.05. The number of aryl methyl sites for hydroxylation is 1. The molecule has 2 heterocycles. The molecule has 1 unspecified atom stereocenters. The molecule has 0 saturated heterocycles. The number of aliphatic hydroxyl groups excluding tert-OH is 1. The van der Waals surface area contributed by atoms with Gasteiger partial charge in [-0.2, -0.15) is 0 Å². The van der Waals surface area contributed by atoms with Gasteiger partial charge in [0.1, 0.15) is 5.76 Å². The van der Waals surface area contributed by atoms with Gasteiger partial charge >= 0.3 is 0 Å². The summed E-state index contributed by atoms with van der Waals surface area (Å²) in [5.74, 6) is -0.183. The zero-order valence-corrected chi connectivity index (χ0v) is 14.5. The second kappa shape index (κ2) is 6.69. The minimum atomic E-state index is -1.05. The molecule has 0 spiro atoms. The first-order valence-corrected chi connectivity index (χ1v) is 8.46. The third-order valence-electron chi connectivity index (χ3n) is 4.42. The normalized spacial score (nSPS) is 13.8. The number of fused-ring (bicyclic) bond motifs is 1. The number of aliphatic hydroxyl groups is 1. The van der Waals surface area contributed by atoms with E-state index in [4.69, 9.17) is 4.42 Å². The highest BCUT2D eigenvalue weighted by molar-refractivity contribution is 6.04. The summed E-state index contributed by atoms with van der Waals surface area (Å²) in [4.78, 5) is 28.3. The number of nitrogens with one attached hydrogen (secondary N) is 2. The van der Waals surface area contributed by atoms with Gasteiger partial charge in [-0.3, -0.25) is 9.59 Å². The Morgan fingerprint density at radius 2 is 2.04 bits per heavy atom. The van der Waals surface area contributed by atoms with Crippen LogP contribution in [0, 0.1) is 6.92 Å². The van der Waals surface area contributed by atoms with Gasteiger partial charge in [-0.05, 0) is 36.2 Å². The maximum Gasteiger partial charge on any atom is 0.277 e. The van der Waals surface area contributed by atoms with Gasteiger partial charge in [-0.1, -0.05) is 30.3 Å². The van der Waals surface area contributed by atoms with E-state index >= 15 is 0 Å². The molecule has 0 saturated carbocycles. The standard InChI is InChI=1S/C20H17N3O4/c1-11-16(23-20(27-11)17(24)12-5-3-2-4-6-12)19(26)22-14-7-8-15-13(9-14)10-21-18(15)25/h2-9,17,24H,10H2,1H3,(H,21,25)(H,22,26). The summed E-state index contributed by atoms with van der Waals surface area (Å²) in [5.41, 5.74) is 2.73. The highest BCUT2D eigenvalue weighted by Gasteiger charge is 2.24. The molecule has 0 aliphatic carbocycles.